The van der Waals surface area contributed by atoms with Gasteiger partial charge >= 0.3 is 5.97 Å². The Labute approximate surface area is 211 Å². The number of halogens is 6. The number of benzene rings is 2. The maximum absolute atomic E-state index is 12.8. The van der Waals surface area contributed by atoms with Crippen molar-refractivity contribution < 1.29 is 23.9 Å². The third kappa shape index (κ3) is 4.51. The molecule has 168 valence electrons. The van der Waals surface area contributed by atoms with E-state index in [2.05, 4.69) is 5.32 Å². The molecular weight excluding hydrogens is 549 g/mol. The van der Waals surface area contributed by atoms with Gasteiger partial charge < -0.3 is 10.1 Å². The zero-order valence-corrected chi connectivity index (χ0v) is 20.3. The zero-order valence-electron chi connectivity index (χ0n) is 15.8. The molecule has 0 spiro atoms. The smallest absolute Gasteiger partial charge is 0.329 e. The van der Waals surface area contributed by atoms with Crippen LogP contribution in [0.15, 0.2) is 18.2 Å². The number of ether oxygens (including phenoxy) is 1. The highest BCUT2D eigenvalue weighted by molar-refractivity contribution is 6.55. The van der Waals surface area contributed by atoms with E-state index >= 15 is 0 Å². The molecule has 3 amide bonds. The molecule has 2 aromatic rings. The minimum Gasteiger partial charge on any atom is -0.454 e. The number of anilines is 1. The van der Waals surface area contributed by atoms with Crippen LogP contribution in [0.3, 0.4) is 0 Å². The number of amides is 3. The van der Waals surface area contributed by atoms with Crippen molar-refractivity contribution in [1.29, 1.82) is 0 Å². The topological polar surface area (TPSA) is 92.8 Å². The summed E-state index contributed by atoms with van der Waals surface area (Å²) < 4.78 is 4.93. The summed E-state index contributed by atoms with van der Waals surface area (Å²) in [6, 6.07) is 2.99. The number of fused-ring (bicyclic) bond motifs is 1. The second-order valence-electron chi connectivity index (χ2n) is 6.44. The molecule has 0 aromatic heterocycles. The Kier molecular flexibility index (Phi) is 7.49. The molecule has 1 heterocycles. The van der Waals surface area contributed by atoms with Crippen LogP contribution in [0.1, 0.15) is 27.6 Å². The lowest BCUT2D eigenvalue weighted by Crippen LogP contribution is -2.44. The lowest BCUT2D eigenvalue weighted by atomic mass is 10.1. The van der Waals surface area contributed by atoms with E-state index in [0.717, 1.165) is 0 Å². The maximum atomic E-state index is 12.8. The summed E-state index contributed by atoms with van der Waals surface area (Å²) in [5.74, 6) is -3.54. The summed E-state index contributed by atoms with van der Waals surface area (Å²) in [5.41, 5.74) is -0.291. The molecule has 7 nitrogen and oxygen atoms in total. The van der Waals surface area contributed by atoms with Gasteiger partial charge in [-0.15, -0.1) is 0 Å². The van der Waals surface area contributed by atoms with E-state index in [4.69, 9.17) is 74.3 Å². The van der Waals surface area contributed by atoms with Gasteiger partial charge in [0.2, 0.25) is 0 Å². The molecule has 0 unspecified atom stereocenters. The van der Waals surface area contributed by atoms with Crippen molar-refractivity contribution in [3.05, 3.63) is 59.5 Å². The number of rotatable bonds is 5. The fourth-order valence-electron chi connectivity index (χ4n) is 2.86. The van der Waals surface area contributed by atoms with Gasteiger partial charge in [-0.25, -0.2) is 4.79 Å². The van der Waals surface area contributed by atoms with Crippen LogP contribution in [-0.4, -0.2) is 41.2 Å². The standard InChI is InChI=1S/C19H10Cl6N2O5/c1-6(19(31)32-5-10(28)26-9-3-2-7(20)4-8(9)21)27-17(29)11-12(18(27)30)14(23)16(25)15(24)13(11)22/h2-4,6H,5H2,1H3,(H,26,28)/t6-/m1/s1. The highest BCUT2D eigenvalue weighted by Crippen LogP contribution is 2.45. The van der Waals surface area contributed by atoms with E-state index in [1.165, 1.54) is 25.1 Å². The van der Waals surface area contributed by atoms with Crippen LogP contribution in [0.4, 0.5) is 5.69 Å². The lowest BCUT2D eigenvalue weighted by molar-refractivity contribution is -0.150. The van der Waals surface area contributed by atoms with Crippen LogP contribution in [0, 0.1) is 0 Å². The molecule has 1 aliphatic heterocycles. The first-order valence-corrected chi connectivity index (χ1v) is 10.9. The number of carbonyl (C=O) groups is 4. The van der Waals surface area contributed by atoms with Crippen LogP contribution >= 0.6 is 69.6 Å². The molecule has 1 atom stereocenters. The van der Waals surface area contributed by atoms with Gasteiger partial charge in [0.1, 0.15) is 6.04 Å². The largest absolute Gasteiger partial charge is 0.454 e. The predicted molar refractivity (Wildman–Crippen MR) is 122 cm³/mol. The Morgan fingerprint density at radius 2 is 1.47 bits per heavy atom. The first-order chi connectivity index (χ1) is 15.0. The molecule has 0 saturated carbocycles. The normalized spacial score (nSPS) is 13.8. The first kappa shape index (κ1) is 24.9. The van der Waals surface area contributed by atoms with Gasteiger partial charge in [-0.2, -0.15) is 0 Å². The molecule has 3 rings (SSSR count). The second-order valence-corrected chi connectivity index (χ2v) is 8.80. The van der Waals surface area contributed by atoms with Gasteiger partial charge in [0.25, 0.3) is 17.7 Å². The summed E-state index contributed by atoms with van der Waals surface area (Å²) in [6.45, 7) is 0.535. The molecule has 2 aromatic carbocycles. The van der Waals surface area contributed by atoms with Gasteiger partial charge in [-0.3, -0.25) is 19.3 Å². The minimum absolute atomic E-state index is 0.183. The fraction of sp³-hybridized carbons (Fsp3) is 0.158. The highest BCUT2D eigenvalue weighted by atomic mass is 35.5. The summed E-state index contributed by atoms with van der Waals surface area (Å²) in [6.07, 6.45) is 0. The Morgan fingerprint density at radius 1 is 0.938 bits per heavy atom. The fourth-order valence-corrected chi connectivity index (χ4v) is 4.33. The van der Waals surface area contributed by atoms with Crippen molar-refractivity contribution in [2.75, 3.05) is 11.9 Å². The van der Waals surface area contributed by atoms with Crippen molar-refractivity contribution in [3.8, 4) is 0 Å². The van der Waals surface area contributed by atoms with Crippen LogP contribution < -0.4 is 5.32 Å². The van der Waals surface area contributed by atoms with Crippen molar-refractivity contribution in [2.45, 2.75) is 13.0 Å². The number of carbonyl (C=O) groups excluding carboxylic acids is 4. The SMILES string of the molecule is C[C@H](C(=O)OCC(=O)Nc1ccc(Cl)cc1Cl)N1C(=O)c2c(Cl)c(Cl)c(Cl)c(Cl)c2C1=O. The molecule has 0 bridgehead atoms. The van der Waals surface area contributed by atoms with Gasteiger partial charge in [0.15, 0.2) is 6.61 Å². The third-order valence-electron chi connectivity index (χ3n) is 4.41. The molecule has 0 fully saturated rings. The van der Waals surface area contributed by atoms with Crippen molar-refractivity contribution in [2.24, 2.45) is 0 Å². The molecule has 13 heteroatoms. The number of nitrogens with zero attached hydrogens (tertiary/aromatic N) is 1. The molecule has 32 heavy (non-hydrogen) atoms. The van der Waals surface area contributed by atoms with E-state index < -0.39 is 36.3 Å². The lowest BCUT2D eigenvalue weighted by Gasteiger charge is -2.20. The Balaban J connectivity index is 1.71. The summed E-state index contributed by atoms with van der Waals surface area (Å²) >= 11 is 35.8. The number of hydrogen-bond donors (Lipinski definition) is 1. The number of nitrogens with one attached hydrogen (secondary N) is 1. The number of hydrogen-bond acceptors (Lipinski definition) is 5. The first-order valence-electron chi connectivity index (χ1n) is 8.61. The van der Waals surface area contributed by atoms with E-state index in [1.54, 1.807) is 0 Å². The average Bonchev–Trinajstić information content (AvgIpc) is 3.00. The van der Waals surface area contributed by atoms with Crippen LogP contribution in [0.25, 0.3) is 0 Å². The summed E-state index contributed by atoms with van der Waals surface area (Å²) in [4.78, 5) is 50.7. The molecular formula is C19H10Cl6N2O5. The van der Waals surface area contributed by atoms with Crippen LogP contribution in [-0.2, 0) is 14.3 Å². The highest BCUT2D eigenvalue weighted by Gasteiger charge is 2.45. The Bertz CT molecular complexity index is 1140. The van der Waals surface area contributed by atoms with Gasteiger partial charge in [-0.05, 0) is 25.1 Å². The monoisotopic (exact) mass is 556 g/mol. The van der Waals surface area contributed by atoms with Crippen LogP contribution in [0.2, 0.25) is 30.1 Å². The number of esters is 1. The van der Waals surface area contributed by atoms with Gasteiger partial charge in [0, 0.05) is 5.02 Å². The van der Waals surface area contributed by atoms with Crippen LogP contribution in [0.5, 0.6) is 0 Å². The third-order valence-corrected chi connectivity index (χ3v) is 6.76. The van der Waals surface area contributed by atoms with E-state index in [1.807, 2.05) is 0 Å². The quantitative estimate of drug-likeness (QED) is 0.217. The maximum Gasteiger partial charge on any atom is 0.329 e. The Hall–Kier alpha value is -1.74. The predicted octanol–water partition coefficient (Wildman–Crippen LogP) is 5.77. The molecule has 0 radical (unpaired) electrons. The molecule has 0 aliphatic carbocycles. The van der Waals surface area contributed by atoms with E-state index in [-0.39, 0.29) is 41.9 Å². The molecule has 1 aliphatic rings. The van der Waals surface area contributed by atoms with E-state index in [9.17, 15) is 19.2 Å². The van der Waals surface area contributed by atoms with Gasteiger partial charge in [0.05, 0.1) is 41.9 Å². The second kappa shape index (κ2) is 9.63. The molecule has 1 N–H and O–H groups in total. The van der Waals surface area contributed by atoms with E-state index in [0.29, 0.717) is 9.92 Å². The Morgan fingerprint density at radius 3 is 1.97 bits per heavy atom. The van der Waals surface area contributed by atoms with Crippen molar-refractivity contribution >= 4 is 99.0 Å². The van der Waals surface area contributed by atoms with Crippen molar-refractivity contribution in [3.63, 3.8) is 0 Å². The number of imide groups is 1. The zero-order chi connectivity index (χ0) is 23.9. The summed E-state index contributed by atoms with van der Waals surface area (Å²) in [7, 11) is 0. The molecule has 0 saturated heterocycles. The minimum atomic E-state index is -1.40. The van der Waals surface area contributed by atoms with Gasteiger partial charge in [-0.1, -0.05) is 69.6 Å². The summed E-state index contributed by atoms with van der Waals surface area (Å²) in [5, 5.41) is 2.06. The van der Waals surface area contributed by atoms with Crippen molar-refractivity contribution in [1.82, 2.24) is 4.90 Å². The average molecular weight is 559 g/mol.